The number of carbonyl (C=O) groups excluding carboxylic acids is 2. The smallest absolute Gasteiger partial charge is 0.278 e. The fourth-order valence-electron chi connectivity index (χ4n) is 3.07. The zero-order valence-electron chi connectivity index (χ0n) is 16.1. The summed E-state index contributed by atoms with van der Waals surface area (Å²) in [6, 6.07) is 14.7. The molecule has 0 unspecified atom stereocenters. The van der Waals surface area contributed by atoms with Crippen LogP contribution >= 0.6 is 0 Å². The molecule has 1 aliphatic heterocycles. The molecule has 0 saturated carbocycles. The normalized spacial score (nSPS) is 14.3. The van der Waals surface area contributed by atoms with E-state index in [-0.39, 0.29) is 17.9 Å². The van der Waals surface area contributed by atoms with Gasteiger partial charge in [-0.25, -0.2) is 0 Å². The first-order valence-corrected chi connectivity index (χ1v) is 9.11. The van der Waals surface area contributed by atoms with Crippen LogP contribution < -0.4 is 10.1 Å². The van der Waals surface area contributed by atoms with Crippen LogP contribution in [0.1, 0.15) is 31.9 Å². The van der Waals surface area contributed by atoms with Gasteiger partial charge in [-0.15, -0.1) is 0 Å². The van der Waals surface area contributed by atoms with Crippen molar-refractivity contribution >= 4 is 23.1 Å². The molecular weight excluding hydrogens is 340 g/mol. The summed E-state index contributed by atoms with van der Waals surface area (Å²) in [5.41, 5.74) is 3.27. The first-order valence-electron chi connectivity index (χ1n) is 9.11. The summed E-state index contributed by atoms with van der Waals surface area (Å²) in [7, 11) is 0. The fraction of sp³-hybridized carbons (Fsp3) is 0.273. The summed E-state index contributed by atoms with van der Waals surface area (Å²) in [5, 5.41) is 3.15. The van der Waals surface area contributed by atoms with Crippen LogP contribution in [0.2, 0.25) is 0 Å². The monoisotopic (exact) mass is 364 g/mol. The van der Waals surface area contributed by atoms with E-state index in [4.69, 9.17) is 4.74 Å². The van der Waals surface area contributed by atoms with Crippen LogP contribution in [0.4, 0.5) is 5.69 Å². The van der Waals surface area contributed by atoms with Gasteiger partial charge in [0.05, 0.1) is 12.2 Å². The zero-order chi connectivity index (χ0) is 19.6. The average Bonchev–Trinajstić information content (AvgIpc) is 2.88. The third kappa shape index (κ3) is 3.72. The molecule has 0 fully saturated rings. The van der Waals surface area contributed by atoms with Gasteiger partial charge in [-0.05, 0) is 57.5 Å². The molecule has 1 heterocycles. The Morgan fingerprint density at radius 3 is 2.15 bits per heavy atom. The highest BCUT2D eigenvalue weighted by atomic mass is 16.5. The Bertz CT molecular complexity index is 881. The number of nitrogens with zero attached hydrogens (tertiary/aromatic N) is 1. The molecule has 0 radical (unpaired) electrons. The number of carbonyl (C=O) groups is 2. The van der Waals surface area contributed by atoms with Gasteiger partial charge in [0.1, 0.15) is 11.4 Å². The van der Waals surface area contributed by atoms with Crippen molar-refractivity contribution in [1.29, 1.82) is 0 Å². The number of hydrogen-bond acceptors (Lipinski definition) is 4. The lowest BCUT2D eigenvalue weighted by molar-refractivity contribution is -0.138. The average molecular weight is 364 g/mol. The number of anilines is 1. The van der Waals surface area contributed by atoms with Gasteiger partial charge < -0.3 is 10.1 Å². The number of hydrogen-bond donors (Lipinski definition) is 1. The standard InChI is InChI=1S/C22H24N2O3/c1-5-27-18-12-10-17(11-13-18)23-20-19(16-8-6-15(4)7-9-16)21(25)24(14(2)3)22(20)26/h6-14,23H,5H2,1-4H3. The molecule has 1 aliphatic rings. The van der Waals surface area contributed by atoms with Crippen LogP contribution in [-0.4, -0.2) is 29.4 Å². The second kappa shape index (κ2) is 7.66. The molecule has 0 atom stereocenters. The van der Waals surface area contributed by atoms with Crippen LogP contribution in [0.5, 0.6) is 5.75 Å². The highest BCUT2D eigenvalue weighted by Gasteiger charge is 2.40. The number of ether oxygens (including phenoxy) is 1. The minimum Gasteiger partial charge on any atom is -0.494 e. The van der Waals surface area contributed by atoms with Crippen LogP contribution in [-0.2, 0) is 9.59 Å². The molecule has 27 heavy (non-hydrogen) atoms. The maximum absolute atomic E-state index is 13.0. The van der Waals surface area contributed by atoms with Crippen molar-refractivity contribution in [2.75, 3.05) is 11.9 Å². The van der Waals surface area contributed by atoms with Gasteiger partial charge >= 0.3 is 0 Å². The summed E-state index contributed by atoms with van der Waals surface area (Å²) < 4.78 is 5.45. The molecule has 5 heteroatoms. The van der Waals surface area contributed by atoms with E-state index >= 15 is 0 Å². The number of benzene rings is 2. The third-order valence-corrected chi connectivity index (χ3v) is 4.41. The Morgan fingerprint density at radius 2 is 1.59 bits per heavy atom. The molecular formula is C22H24N2O3. The van der Waals surface area contributed by atoms with Gasteiger partial charge in [-0.1, -0.05) is 29.8 Å². The summed E-state index contributed by atoms with van der Waals surface area (Å²) in [6.45, 7) is 8.17. The van der Waals surface area contributed by atoms with E-state index in [1.807, 2.05) is 76.2 Å². The molecule has 2 amide bonds. The predicted octanol–water partition coefficient (Wildman–Crippen LogP) is 3.99. The zero-order valence-corrected chi connectivity index (χ0v) is 16.1. The minimum absolute atomic E-state index is 0.218. The van der Waals surface area contributed by atoms with Crippen LogP contribution in [0.15, 0.2) is 54.2 Å². The van der Waals surface area contributed by atoms with Crippen LogP contribution in [0, 0.1) is 6.92 Å². The second-order valence-corrected chi connectivity index (χ2v) is 6.77. The van der Waals surface area contributed by atoms with E-state index in [0.29, 0.717) is 17.9 Å². The van der Waals surface area contributed by atoms with E-state index in [2.05, 4.69) is 5.32 Å². The van der Waals surface area contributed by atoms with E-state index in [1.165, 1.54) is 4.90 Å². The number of amides is 2. The lowest BCUT2D eigenvalue weighted by Crippen LogP contribution is -2.38. The fourth-order valence-corrected chi connectivity index (χ4v) is 3.07. The van der Waals surface area contributed by atoms with Gasteiger partial charge in [-0.3, -0.25) is 14.5 Å². The van der Waals surface area contributed by atoms with Gasteiger partial charge in [0, 0.05) is 11.7 Å². The van der Waals surface area contributed by atoms with Crippen molar-refractivity contribution in [3.05, 3.63) is 65.4 Å². The molecule has 2 aromatic carbocycles. The van der Waals surface area contributed by atoms with Crippen molar-refractivity contribution in [3.63, 3.8) is 0 Å². The molecule has 0 spiro atoms. The summed E-state index contributed by atoms with van der Waals surface area (Å²) in [6.07, 6.45) is 0. The van der Waals surface area contributed by atoms with E-state index in [0.717, 1.165) is 22.6 Å². The molecule has 0 saturated heterocycles. The number of rotatable bonds is 6. The Morgan fingerprint density at radius 1 is 0.963 bits per heavy atom. The quantitative estimate of drug-likeness (QED) is 0.787. The predicted molar refractivity (Wildman–Crippen MR) is 106 cm³/mol. The Balaban J connectivity index is 2.01. The molecule has 140 valence electrons. The van der Waals surface area contributed by atoms with Gasteiger partial charge in [0.15, 0.2) is 0 Å². The van der Waals surface area contributed by atoms with Crippen LogP contribution in [0.25, 0.3) is 5.57 Å². The maximum atomic E-state index is 13.0. The Labute approximate surface area is 159 Å². The lowest BCUT2D eigenvalue weighted by atomic mass is 10.0. The summed E-state index contributed by atoms with van der Waals surface area (Å²) in [4.78, 5) is 27.2. The Hall–Kier alpha value is -3.08. The topological polar surface area (TPSA) is 58.6 Å². The van der Waals surface area contributed by atoms with Gasteiger partial charge in [-0.2, -0.15) is 0 Å². The first kappa shape index (κ1) is 18.7. The summed E-state index contributed by atoms with van der Waals surface area (Å²) >= 11 is 0. The van der Waals surface area contributed by atoms with Crippen molar-refractivity contribution in [2.24, 2.45) is 0 Å². The van der Waals surface area contributed by atoms with Crippen molar-refractivity contribution in [3.8, 4) is 5.75 Å². The molecule has 3 rings (SSSR count). The van der Waals surface area contributed by atoms with Gasteiger partial charge in [0.25, 0.3) is 11.8 Å². The lowest BCUT2D eigenvalue weighted by Gasteiger charge is -2.19. The molecule has 0 aromatic heterocycles. The third-order valence-electron chi connectivity index (χ3n) is 4.41. The van der Waals surface area contributed by atoms with E-state index < -0.39 is 0 Å². The number of aryl methyl sites for hydroxylation is 1. The molecule has 2 aromatic rings. The highest BCUT2D eigenvalue weighted by Crippen LogP contribution is 2.32. The molecule has 0 aliphatic carbocycles. The van der Waals surface area contributed by atoms with E-state index in [1.54, 1.807) is 0 Å². The van der Waals surface area contributed by atoms with E-state index in [9.17, 15) is 9.59 Å². The largest absolute Gasteiger partial charge is 0.494 e. The molecule has 0 bridgehead atoms. The molecule has 1 N–H and O–H groups in total. The first-order chi connectivity index (χ1) is 12.9. The molecule has 5 nitrogen and oxygen atoms in total. The van der Waals surface area contributed by atoms with Gasteiger partial charge in [0.2, 0.25) is 0 Å². The summed E-state index contributed by atoms with van der Waals surface area (Å²) in [5.74, 6) is 0.181. The number of imide groups is 1. The van der Waals surface area contributed by atoms with Crippen molar-refractivity contribution in [1.82, 2.24) is 4.90 Å². The Kier molecular flexibility index (Phi) is 5.31. The SMILES string of the molecule is CCOc1ccc(NC2=C(c3ccc(C)cc3)C(=O)N(C(C)C)C2=O)cc1. The second-order valence-electron chi connectivity index (χ2n) is 6.77. The van der Waals surface area contributed by atoms with Crippen molar-refractivity contribution in [2.45, 2.75) is 33.7 Å². The number of nitrogens with one attached hydrogen (secondary N) is 1. The van der Waals surface area contributed by atoms with Crippen molar-refractivity contribution < 1.29 is 14.3 Å². The highest BCUT2D eigenvalue weighted by molar-refractivity contribution is 6.36. The maximum Gasteiger partial charge on any atom is 0.278 e. The minimum atomic E-state index is -0.306. The van der Waals surface area contributed by atoms with Crippen LogP contribution in [0.3, 0.4) is 0 Å².